The molecule has 0 saturated carbocycles. The smallest absolute Gasteiger partial charge is 0.243 e. The first-order valence-electron chi connectivity index (χ1n) is 7.64. The first-order chi connectivity index (χ1) is 10.3. The number of aryl methyl sites for hydroxylation is 1. The lowest BCUT2D eigenvalue weighted by Crippen LogP contribution is -2.28. The Morgan fingerprint density at radius 2 is 2.19 bits per heavy atom. The minimum absolute atomic E-state index is 0.181. The van der Waals surface area contributed by atoms with Gasteiger partial charge in [-0.1, -0.05) is 30.3 Å². The van der Waals surface area contributed by atoms with Crippen LogP contribution in [0.15, 0.2) is 34.9 Å². The van der Waals surface area contributed by atoms with Gasteiger partial charge in [-0.2, -0.15) is 4.98 Å². The Morgan fingerprint density at radius 1 is 1.38 bits per heavy atom. The molecule has 5 heteroatoms. The van der Waals surface area contributed by atoms with Crippen molar-refractivity contribution in [1.82, 2.24) is 15.0 Å². The molecule has 0 bridgehead atoms. The van der Waals surface area contributed by atoms with Crippen molar-refractivity contribution in [3.63, 3.8) is 0 Å². The number of aromatic nitrogens is 2. The lowest BCUT2D eigenvalue weighted by atomic mass is 10.2. The molecule has 2 heterocycles. The molecular weight excluding hydrogens is 264 g/mol. The molecule has 0 amide bonds. The van der Waals surface area contributed by atoms with Gasteiger partial charge in [0.2, 0.25) is 5.89 Å². The lowest BCUT2D eigenvalue weighted by Gasteiger charge is -2.21. The van der Waals surface area contributed by atoms with Crippen molar-refractivity contribution >= 4 is 5.69 Å². The van der Waals surface area contributed by atoms with Crippen LogP contribution < -0.4 is 5.32 Å². The van der Waals surface area contributed by atoms with Crippen molar-refractivity contribution in [3.05, 3.63) is 42.0 Å². The summed E-state index contributed by atoms with van der Waals surface area (Å²) in [6, 6.07) is 11.0. The second kappa shape index (κ2) is 6.26. The Morgan fingerprint density at radius 3 is 2.90 bits per heavy atom. The first kappa shape index (κ1) is 14.1. The van der Waals surface area contributed by atoms with Gasteiger partial charge in [0.25, 0.3) is 0 Å². The van der Waals surface area contributed by atoms with Gasteiger partial charge in [-0.15, -0.1) is 0 Å². The largest absolute Gasteiger partial charge is 0.381 e. The maximum absolute atomic E-state index is 5.36. The number of para-hydroxylation sites is 1. The van der Waals surface area contributed by atoms with E-state index in [-0.39, 0.29) is 6.04 Å². The van der Waals surface area contributed by atoms with Gasteiger partial charge in [0.05, 0.1) is 6.04 Å². The highest BCUT2D eigenvalue weighted by molar-refractivity contribution is 5.43. The molecule has 5 nitrogen and oxygen atoms in total. The van der Waals surface area contributed by atoms with Gasteiger partial charge >= 0.3 is 0 Å². The molecule has 1 aliphatic rings. The topological polar surface area (TPSA) is 54.2 Å². The van der Waals surface area contributed by atoms with Crippen molar-refractivity contribution in [2.75, 3.05) is 18.4 Å². The molecular formula is C16H22N4O. The number of rotatable bonds is 5. The van der Waals surface area contributed by atoms with Crippen LogP contribution in [0, 0.1) is 0 Å². The van der Waals surface area contributed by atoms with E-state index in [1.54, 1.807) is 0 Å². The molecule has 0 aliphatic carbocycles. The summed E-state index contributed by atoms with van der Waals surface area (Å²) in [5.41, 5.74) is 1.18. The molecule has 1 saturated heterocycles. The zero-order valence-electron chi connectivity index (χ0n) is 12.6. The Labute approximate surface area is 125 Å². The zero-order valence-corrected chi connectivity index (χ0v) is 12.6. The molecule has 1 fully saturated rings. The van der Waals surface area contributed by atoms with Gasteiger partial charge in [0.15, 0.2) is 5.82 Å². The van der Waals surface area contributed by atoms with Crippen LogP contribution in [-0.2, 0) is 6.42 Å². The summed E-state index contributed by atoms with van der Waals surface area (Å²) >= 11 is 0. The predicted molar refractivity (Wildman–Crippen MR) is 82.1 cm³/mol. The monoisotopic (exact) mass is 286 g/mol. The van der Waals surface area contributed by atoms with E-state index in [2.05, 4.69) is 51.5 Å². The van der Waals surface area contributed by atoms with E-state index < -0.39 is 0 Å². The van der Waals surface area contributed by atoms with Crippen molar-refractivity contribution in [3.8, 4) is 0 Å². The molecule has 21 heavy (non-hydrogen) atoms. The van der Waals surface area contributed by atoms with Crippen LogP contribution in [0.25, 0.3) is 0 Å². The minimum atomic E-state index is 0.181. The summed E-state index contributed by atoms with van der Waals surface area (Å²) in [6.45, 7) is 6.22. The fourth-order valence-corrected chi connectivity index (χ4v) is 2.76. The molecule has 0 unspecified atom stereocenters. The Hall–Kier alpha value is -1.88. The van der Waals surface area contributed by atoms with E-state index in [0.29, 0.717) is 6.04 Å². The lowest BCUT2D eigenvalue weighted by molar-refractivity contribution is 0.208. The van der Waals surface area contributed by atoms with Gasteiger partial charge < -0.3 is 9.84 Å². The third-order valence-electron chi connectivity index (χ3n) is 4.07. The van der Waals surface area contributed by atoms with Crippen LogP contribution in [0.2, 0.25) is 0 Å². The molecule has 0 radical (unpaired) electrons. The molecule has 2 aromatic rings. The number of likely N-dealkylation sites (tertiary alicyclic amines) is 1. The van der Waals surface area contributed by atoms with E-state index in [1.807, 2.05) is 13.0 Å². The molecule has 112 valence electrons. The maximum atomic E-state index is 5.36. The Kier molecular flexibility index (Phi) is 4.20. The van der Waals surface area contributed by atoms with Crippen molar-refractivity contribution in [1.29, 1.82) is 0 Å². The number of hydrogen-bond donors (Lipinski definition) is 1. The number of benzene rings is 1. The fraction of sp³-hybridized carbons (Fsp3) is 0.500. The second-order valence-electron chi connectivity index (χ2n) is 5.57. The van der Waals surface area contributed by atoms with Crippen LogP contribution >= 0.6 is 0 Å². The maximum Gasteiger partial charge on any atom is 0.243 e. The molecule has 1 aliphatic heterocycles. The highest BCUT2D eigenvalue weighted by Gasteiger charge is 2.29. The molecule has 3 rings (SSSR count). The van der Waals surface area contributed by atoms with Crippen LogP contribution in [0.1, 0.15) is 38.0 Å². The summed E-state index contributed by atoms with van der Waals surface area (Å²) in [5, 5.41) is 7.57. The molecule has 1 aromatic carbocycles. The number of nitrogens with zero attached hydrogens (tertiary/aromatic N) is 3. The summed E-state index contributed by atoms with van der Waals surface area (Å²) in [5.74, 6) is 1.52. The predicted octanol–water partition coefficient (Wildman–Crippen LogP) is 2.88. The van der Waals surface area contributed by atoms with Crippen molar-refractivity contribution < 1.29 is 4.52 Å². The second-order valence-corrected chi connectivity index (χ2v) is 5.57. The highest BCUT2D eigenvalue weighted by atomic mass is 16.5. The van der Waals surface area contributed by atoms with E-state index in [9.17, 15) is 0 Å². The standard InChI is InChI=1S/C16H22N4O/c1-3-15-18-16(21-19-15)12(2)20-10-9-14(11-20)17-13-7-5-4-6-8-13/h4-8,12,14,17H,3,9-11H2,1-2H3/t12-,14+/m0/s1. The van der Waals surface area contributed by atoms with E-state index >= 15 is 0 Å². The summed E-state index contributed by atoms with van der Waals surface area (Å²) in [6.07, 6.45) is 1.95. The van der Waals surface area contributed by atoms with Crippen LogP contribution in [0.4, 0.5) is 5.69 Å². The van der Waals surface area contributed by atoms with Crippen molar-refractivity contribution in [2.24, 2.45) is 0 Å². The number of hydrogen-bond acceptors (Lipinski definition) is 5. The zero-order chi connectivity index (χ0) is 14.7. The number of nitrogens with one attached hydrogen (secondary N) is 1. The number of anilines is 1. The van der Waals surface area contributed by atoms with Crippen molar-refractivity contribution in [2.45, 2.75) is 38.8 Å². The average molecular weight is 286 g/mol. The first-order valence-corrected chi connectivity index (χ1v) is 7.64. The van der Waals surface area contributed by atoms with Gasteiger partial charge in [-0.25, -0.2) is 0 Å². The summed E-state index contributed by atoms with van der Waals surface area (Å²) < 4.78 is 5.36. The Balaban J connectivity index is 1.58. The molecule has 1 aromatic heterocycles. The molecule has 0 spiro atoms. The molecule has 2 atom stereocenters. The average Bonchev–Trinajstić information content (AvgIpc) is 3.16. The third-order valence-corrected chi connectivity index (χ3v) is 4.07. The van der Waals surface area contributed by atoms with E-state index in [0.717, 1.165) is 37.6 Å². The van der Waals surface area contributed by atoms with Crippen LogP contribution in [0.3, 0.4) is 0 Å². The van der Waals surface area contributed by atoms with Crippen LogP contribution in [-0.4, -0.2) is 34.2 Å². The summed E-state index contributed by atoms with van der Waals surface area (Å²) in [4.78, 5) is 6.84. The normalized spacial score (nSPS) is 20.6. The van der Waals surface area contributed by atoms with Gasteiger partial charge in [-0.3, -0.25) is 4.90 Å². The Bertz CT molecular complexity index is 569. The quantitative estimate of drug-likeness (QED) is 0.916. The highest BCUT2D eigenvalue weighted by Crippen LogP contribution is 2.25. The minimum Gasteiger partial charge on any atom is -0.381 e. The van der Waals surface area contributed by atoms with Gasteiger partial charge in [0, 0.05) is 31.2 Å². The van der Waals surface area contributed by atoms with Gasteiger partial charge in [-0.05, 0) is 25.5 Å². The van der Waals surface area contributed by atoms with Crippen LogP contribution in [0.5, 0.6) is 0 Å². The molecule has 1 N–H and O–H groups in total. The third kappa shape index (κ3) is 3.24. The van der Waals surface area contributed by atoms with E-state index in [1.165, 1.54) is 5.69 Å². The van der Waals surface area contributed by atoms with E-state index in [4.69, 9.17) is 4.52 Å². The summed E-state index contributed by atoms with van der Waals surface area (Å²) in [7, 11) is 0. The SMILES string of the molecule is CCc1noc([C@H](C)N2CC[C@@H](Nc3ccccc3)C2)n1. The van der Waals surface area contributed by atoms with Gasteiger partial charge in [0.1, 0.15) is 0 Å². The fourth-order valence-electron chi connectivity index (χ4n) is 2.76.